The van der Waals surface area contributed by atoms with Gasteiger partial charge in [0, 0.05) is 19.0 Å². The van der Waals surface area contributed by atoms with Crippen molar-refractivity contribution in [1.29, 1.82) is 0 Å². The number of ether oxygens (including phenoxy) is 2. The van der Waals surface area contributed by atoms with Gasteiger partial charge in [0.15, 0.2) is 5.78 Å². The highest BCUT2D eigenvalue weighted by Gasteiger charge is 2.44. The fourth-order valence-corrected chi connectivity index (χ4v) is 3.45. The standard InChI is InChI=1S/C22H33ClN2O5/c1-5-24-19(17(2)3)20(27)29-16-30-21(28)25(4)22(13-9-6-7-11-15-23)14-10-8-12-18(22)26/h6-7,9,11,13,15,17,19,24H,5,8,10,12,14,16H2,1-4H3/b7-6-,13-9+,15-11+/t19-,22+/m0/s1. The van der Waals surface area contributed by atoms with Crippen LogP contribution in [-0.2, 0) is 19.1 Å². The van der Waals surface area contributed by atoms with Crippen molar-refractivity contribution < 1.29 is 23.9 Å². The normalized spacial score (nSPS) is 20.9. The van der Waals surface area contributed by atoms with Crippen molar-refractivity contribution >= 4 is 29.4 Å². The van der Waals surface area contributed by atoms with E-state index in [-0.39, 0.29) is 11.7 Å². The van der Waals surface area contributed by atoms with E-state index in [9.17, 15) is 14.4 Å². The van der Waals surface area contributed by atoms with Crippen molar-refractivity contribution in [3.8, 4) is 0 Å². The fourth-order valence-electron chi connectivity index (χ4n) is 3.36. The summed E-state index contributed by atoms with van der Waals surface area (Å²) < 4.78 is 10.2. The number of amides is 1. The van der Waals surface area contributed by atoms with E-state index in [0.29, 0.717) is 19.4 Å². The third-order valence-corrected chi connectivity index (χ3v) is 5.22. The van der Waals surface area contributed by atoms with E-state index in [0.717, 1.165) is 12.8 Å². The molecule has 0 aromatic carbocycles. The number of Topliss-reactive ketones (excluding diaryl/α,β-unsaturated/α-hetero) is 1. The topological polar surface area (TPSA) is 84.9 Å². The molecule has 8 heteroatoms. The van der Waals surface area contributed by atoms with Gasteiger partial charge in [-0.05, 0) is 31.7 Å². The third kappa shape index (κ3) is 7.29. The molecule has 7 nitrogen and oxygen atoms in total. The number of nitrogens with zero attached hydrogens (tertiary/aromatic N) is 1. The number of nitrogens with one attached hydrogen (secondary N) is 1. The van der Waals surface area contributed by atoms with Crippen molar-refractivity contribution in [3.63, 3.8) is 0 Å². The predicted molar refractivity (Wildman–Crippen MR) is 117 cm³/mol. The Balaban J connectivity index is 2.79. The summed E-state index contributed by atoms with van der Waals surface area (Å²) in [6.07, 6.45) is 10.3. The number of hydrogen-bond acceptors (Lipinski definition) is 6. The molecule has 0 saturated heterocycles. The highest BCUT2D eigenvalue weighted by atomic mass is 35.5. The lowest BCUT2D eigenvalue weighted by Gasteiger charge is -2.40. The van der Waals surface area contributed by atoms with E-state index in [1.165, 1.54) is 17.5 Å². The molecule has 0 heterocycles. The predicted octanol–water partition coefficient (Wildman–Crippen LogP) is 3.94. The van der Waals surface area contributed by atoms with E-state index in [2.05, 4.69) is 5.32 Å². The first kappa shape index (κ1) is 25.9. The Labute approximate surface area is 184 Å². The van der Waals surface area contributed by atoms with E-state index in [1.54, 1.807) is 30.4 Å². The van der Waals surface area contributed by atoms with Crippen molar-refractivity contribution in [1.82, 2.24) is 10.2 Å². The van der Waals surface area contributed by atoms with Gasteiger partial charge >= 0.3 is 12.1 Å². The quantitative estimate of drug-likeness (QED) is 0.314. The molecule has 0 aliphatic heterocycles. The number of esters is 1. The molecule has 0 unspecified atom stereocenters. The van der Waals surface area contributed by atoms with Gasteiger partial charge in [0.05, 0.1) is 0 Å². The molecule has 0 aromatic heterocycles. The van der Waals surface area contributed by atoms with Crippen LogP contribution in [0.5, 0.6) is 0 Å². The number of halogens is 1. The van der Waals surface area contributed by atoms with Crippen LogP contribution >= 0.6 is 11.6 Å². The highest BCUT2D eigenvalue weighted by Crippen LogP contribution is 2.32. The van der Waals surface area contributed by atoms with Gasteiger partial charge in [-0.1, -0.05) is 62.8 Å². The molecule has 0 spiro atoms. The van der Waals surface area contributed by atoms with Crippen molar-refractivity contribution in [2.45, 2.75) is 58.0 Å². The number of carbonyl (C=O) groups is 3. The SMILES string of the molecule is CCN[C@H](C(=O)OCOC(=O)N(C)[C@]1(/C=C/C=C\C=C\Cl)CCCCC1=O)C(C)C. The first-order valence-corrected chi connectivity index (χ1v) is 10.7. The summed E-state index contributed by atoms with van der Waals surface area (Å²) in [6.45, 7) is 5.80. The Bertz CT molecular complexity index is 674. The number of hydrogen-bond donors (Lipinski definition) is 1. The first-order chi connectivity index (χ1) is 14.3. The molecule has 0 bridgehead atoms. The maximum absolute atomic E-state index is 12.7. The highest BCUT2D eigenvalue weighted by molar-refractivity contribution is 6.25. The Morgan fingerprint density at radius 3 is 2.50 bits per heavy atom. The summed E-state index contributed by atoms with van der Waals surface area (Å²) in [5, 5.41) is 3.05. The van der Waals surface area contributed by atoms with Crippen LogP contribution in [0.1, 0.15) is 46.5 Å². The zero-order valence-corrected chi connectivity index (χ0v) is 19.0. The fraction of sp³-hybridized carbons (Fsp3) is 0.591. The molecule has 1 N–H and O–H groups in total. The number of ketones is 1. The summed E-state index contributed by atoms with van der Waals surface area (Å²) in [6, 6.07) is -0.477. The van der Waals surface area contributed by atoms with Gasteiger partial charge in [0.1, 0.15) is 11.6 Å². The minimum atomic E-state index is -1.08. The molecule has 30 heavy (non-hydrogen) atoms. The lowest BCUT2D eigenvalue weighted by Crippen LogP contribution is -2.55. The summed E-state index contributed by atoms with van der Waals surface area (Å²) in [4.78, 5) is 38.8. The lowest BCUT2D eigenvalue weighted by atomic mass is 9.79. The average molecular weight is 441 g/mol. The number of allylic oxidation sites excluding steroid dienone is 4. The molecule has 1 aliphatic rings. The third-order valence-electron chi connectivity index (χ3n) is 5.07. The van der Waals surface area contributed by atoms with Crippen LogP contribution < -0.4 is 5.32 Å². The second-order valence-corrected chi connectivity index (χ2v) is 7.70. The van der Waals surface area contributed by atoms with Gasteiger partial charge in [-0.15, -0.1) is 0 Å². The smallest absolute Gasteiger partial charge is 0.413 e. The zero-order chi connectivity index (χ0) is 22.6. The maximum atomic E-state index is 12.7. The van der Waals surface area contributed by atoms with Crippen LogP contribution in [0.2, 0.25) is 0 Å². The summed E-state index contributed by atoms with van der Waals surface area (Å²) in [5.41, 5.74) is 0.287. The van der Waals surface area contributed by atoms with Crippen LogP contribution in [0.25, 0.3) is 0 Å². The number of likely N-dealkylation sites (N-methyl/N-ethyl adjacent to an activating group) is 2. The molecular formula is C22H33ClN2O5. The van der Waals surface area contributed by atoms with Gasteiger partial charge in [0.25, 0.3) is 0 Å². The van der Waals surface area contributed by atoms with Crippen LogP contribution in [0.15, 0.2) is 35.9 Å². The Kier molecular flexibility index (Phi) is 11.4. The number of carbonyl (C=O) groups excluding carboxylic acids is 3. The molecular weight excluding hydrogens is 408 g/mol. The molecule has 1 saturated carbocycles. The van der Waals surface area contributed by atoms with Gasteiger partial charge in [-0.3, -0.25) is 14.5 Å². The van der Waals surface area contributed by atoms with Crippen LogP contribution in [-0.4, -0.2) is 54.7 Å². The van der Waals surface area contributed by atoms with Crippen LogP contribution in [0.3, 0.4) is 0 Å². The van der Waals surface area contributed by atoms with Gasteiger partial charge < -0.3 is 14.8 Å². The van der Waals surface area contributed by atoms with E-state index < -0.39 is 30.4 Å². The van der Waals surface area contributed by atoms with E-state index >= 15 is 0 Å². The Hall–Kier alpha value is -2.12. The van der Waals surface area contributed by atoms with Gasteiger partial charge in [-0.2, -0.15) is 0 Å². The van der Waals surface area contributed by atoms with E-state index in [4.69, 9.17) is 21.1 Å². The number of rotatable bonds is 10. The van der Waals surface area contributed by atoms with Crippen molar-refractivity contribution in [2.24, 2.45) is 5.92 Å². The molecule has 168 valence electrons. The van der Waals surface area contributed by atoms with Gasteiger partial charge in [-0.25, -0.2) is 4.79 Å². The zero-order valence-electron chi connectivity index (χ0n) is 18.2. The van der Waals surface area contributed by atoms with E-state index in [1.807, 2.05) is 20.8 Å². The Morgan fingerprint density at radius 1 is 1.20 bits per heavy atom. The molecule has 1 aliphatic carbocycles. The van der Waals surface area contributed by atoms with Crippen molar-refractivity contribution in [2.75, 3.05) is 20.4 Å². The largest absolute Gasteiger partial charge is 0.427 e. The second kappa shape index (κ2) is 13.2. The summed E-state index contributed by atoms with van der Waals surface area (Å²) in [5.74, 6) is -0.497. The molecule has 2 atom stereocenters. The molecule has 0 radical (unpaired) electrons. The maximum Gasteiger partial charge on any atom is 0.413 e. The average Bonchev–Trinajstić information content (AvgIpc) is 2.72. The monoisotopic (exact) mass is 440 g/mol. The first-order valence-electron chi connectivity index (χ1n) is 10.2. The minimum Gasteiger partial charge on any atom is -0.427 e. The summed E-state index contributed by atoms with van der Waals surface area (Å²) in [7, 11) is 1.52. The van der Waals surface area contributed by atoms with Gasteiger partial charge in [0.2, 0.25) is 6.79 Å². The summed E-state index contributed by atoms with van der Waals surface area (Å²) >= 11 is 5.48. The molecule has 0 aromatic rings. The molecule has 1 rings (SSSR count). The van der Waals surface area contributed by atoms with Crippen molar-refractivity contribution in [3.05, 3.63) is 35.9 Å². The lowest BCUT2D eigenvalue weighted by molar-refractivity contribution is -0.156. The molecule has 1 fully saturated rings. The minimum absolute atomic E-state index is 0.0331. The Morgan fingerprint density at radius 2 is 1.90 bits per heavy atom. The van der Waals surface area contributed by atoms with Crippen LogP contribution in [0.4, 0.5) is 4.79 Å². The second-order valence-electron chi connectivity index (χ2n) is 7.45. The molecule has 1 amide bonds. The van der Waals surface area contributed by atoms with Crippen LogP contribution in [0, 0.1) is 5.92 Å².